The van der Waals surface area contributed by atoms with Crippen LogP contribution in [0.3, 0.4) is 0 Å². The number of aryl methyl sites for hydroxylation is 1. The average molecular weight is 324 g/mol. The highest BCUT2D eigenvalue weighted by molar-refractivity contribution is 8.18. The van der Waals surface area contributed by atoms with Gasteiger partial charge in [-0.15, -0.1) is 0 Å². The third-order valence-electron chi connectivity index (χ3n) is 3.43. The normalized spacial score (nSPS) is 16.2. The third-order valence-corrected chi connectivity index (χ3v) is 4.34. The Labute approximate surface area is 139 Å². The van der Waals surface area contributed by atoms with Gasteiger partial charge in [0.2, 0.25) is 0 Å². The predicted molar refractivity (Wildman–Crippen MR) is 93.9 cm³/mol. The van der Waals surface area contributed by atoms with Crippen LogP contribution in [-0.2, 0) is 4.79 Å². The van der Waals surface area contributed by atoms with E-state index in [9.17, 15) is 9.59 Å². The van der Waals surface area contributed by atoms with Crippen molar-refractivity contribution in [1.82, 2.24) is 4.90 Å². The van der Waals surface area contributed by atoms with E-state index in [-0.39, 0.29) is 17.8 Å². The zero-order chi connectivity index (χ0) is 16.2. The van der Waals surface area contributed by atoms with Crippen molar-refractivity contribution in [1.29, 1.82) is 0 Å². The topological polar surface area (TPSA) is 49.4 Å². The van der Waals surface area contributed by atoms with Crippen LogP contribution < -0.4 is 5.32 Å². The van der Waals surface area contributed by atoms with Gasteiger partial charge in [0, 0.05) is 5.69 Å². The first-order valence-electron chi connectivity index (χ1n) is 7.24. The summed E-state index contributed by atoms with van der Waals surface area (Å²) in [5.74, 6) is -0.260. The van der Waals surface area contributed by atoms with Crippen molar-refractivity contribution in [3.63, 3.8) is 0 Å². The van der Waals surface area contributed by atoms with Crippen molar-refractivity contribution in [3.8, 4) is 0 Å². The van der Waals surface area contributed by atoms with E-state index in [0.717, 1.165) is 28.6 Å². The first-order valence-corrected chi connectivity index (χ1v) is 8.06. The van der Waals surface area contributed by atoms with Gasteiger partial charge in [-0.2, -0.15) is 0 Å². The molecule has 0 saturated carbocycles. The van der Waals surface area contributed by atoms with Gasteiger partial charge in [-0.3, -0.25) is 14.5 Å². The molecule has 116 valence electrons. The van der Waals surface area contributed by atoms with Crippen LogP contribution >= 0.6 is 11.8 Å². The first kappa shape index (κ1) is 15.4. The second-order valence-electron chi connectivity index (χ2n) is 5.22. The van der Waals surface area contributed by atoms with Crippen LogP contribution in [0.25, 0.3) is 6.08 Å². The van der Waals surface area contributed by atoms with E-state index in [4.69, 9.17) is 0 Å². The molecule has 1 fully saturated rings. The van der Waals surface area contributed by atoms with Gasteiger partial charge >= 0.3 is 0 Å². The van der Waals surface area contributed by atoms with Crippen LogP contribution in [0.4, 0.5) is 10.5 Å². The lowest BCUT2D eigenvalue weighted by atomic mass is 10.2. The Bertz CT molecular complexity index is 772. The molecule has 1 aliphatic rings. The summed E-state index contributed by atoms with van der Waals surface area (Å²) in [6.07, 6.45) is 1.75. The Hall–Kier alpha value is -2.53. The maximum Gasteiger partial charge on any atom is 0.295 e. The quantitative estimate of drug-likeness (QED) is 0.860. The Morgan fingerprint density at radius 2 is 1.87 bits per heavy atom. The molecule has 1 heterocycles. The van der Waals surface area contributed by atoms with Gasteiger partial charge in [-0.05, 0) is 48.0 Å². The van der Waals surface area contributed by atoms with Crippen LogP contribution in [0.5, 0.6) is 0 Å². The second kappa shape index (κ2) is 6.71. The molecule has 0 bridgehead atoms. The number of rotatable bonds is 4. The summed E-state index contributed by atoms with van der Waals surface area (Å²) in [4.78, 5) is 26.1. The Kier molecular flexibility index (Phi) is 4.48. The molecule has 0 aliphatic carbocycles. The minimum Gasteiger partial charge on any atom is -0.367 e. The van der Waals surface area contributed by atoms with Gasteiger partial charge in [0.1, 0.15) is 0 Å². The summed E-state index contributed by atoms with van der Waals surface area (Å²) in [5.41, 5.74) is 2.91. The second-order valence-corrected chi connectivity index (χ2v) is 6.22. The molecule has 0 atom stereocenters. The lowest BCUT2D eigenvalue weighted by molar-refractivity contribution is -0.122. The molecule has 2 aromatic rings. The molecule has 3 rings (SSSR count). The molecule has 0 aromatic heterocycles. The number of hydrogen-bond donors (Lipinski definition) is 1. The van der Waals surface area contributed by atoms with Gasteiger partial charge in [0.25, 0.3) is 11.1 Å². The van der Waals surface area contributed by atoms with Gasteiger partial charge < -0.3 is 5.32 Å². The molecule has 0 radical (unpaired) electrons. The van der Waals surface area contributed by atoms with E-state index in [2.05, 4.69) is 5.32 Å². The molecule has 4 nitrogen and oxygen atoms in total. The number of nitrogens with one attached hydrogen (secondary N) is 1. The summed E-state index contributed by atoms with van der Waals surface area (Å²) in [5, 5.41) is 2.86. The van der Waals surface area contributed by atoms with Gasteiger partial charge in [-0.1, -0.05) is 42.5 Å². The fourth-order valence-corrected chi connectivity index (χ4v) is 3.10. The summed E-state index contributed by atoms with van der Waals surface area (Å²) in [6.45, 7) is 2.16. The third kappa shape index (κ3) is 3.63. The monoisotopic (exact) mass is 324 g/mol. The fraction of sp³-hybridized carbons (Fsp3) is 0.111. The maximum absolute atomic E-state index is 12.4. The van der Waals surface area contributed by atoms with Crippen LogP contribution in [-0.4, -0.2) is 22.7 Å². The van der Waals surface area contributed by atoms with Gasteiger partial charge in [-0.25, -0.2) is 0 Å². The molecular formula is C18H16N2O2S. The molecule has 1 saturated heterocycles. The molecular weight excluding hydrogens is 308 g/mol. The number of benzene rings is 2. The van der Waals surface area contributed by atoms with Crippen LogP contribution in [0.15, 0.2) is 59.5 Å². The number of nitrogens with zero attached hydrogens (tertiary/aromatic N) is 1. The molecule has 1 aliphatic heterocycles. The van der Waals surface area contributed by atoms with Crippen LogP contribution in [0, 0.1) is 6.92 Å². The number of carbonyl (C=O) groups excluding carboxylic acids is 2. The zero-order valence-corrected chi connectivity index (χ0v) is 13.5. The van der Waals surface area contributed by atoms with Crippen molar-refractivity contribution in [3.05, 3.63) is 70.6 Å². The molecule has 2 amide bonds. The largest absolute Gasteiger partial charge is 0.367 e. The van der Waals surface area contributed by atoms with Crippen LogP contribution in [0.1, 0.15) is 11.1 Å². The summed E-state index contributed by atoms with van der Waals surface area (Å²) in [6, 6.07) is 17.3. The van der Waals surface area contributed by atoms with Crippen molar-refractivity contribution >= 4 is 34.7 Å². The fourth-order valence-electron chi connectivity index (χ4n) is 2.26. The number of carbonyl (C=O) groups is 2. The van der Waals surface area contributed by atoms with Gasteiger partial charge in [0.15, 0.2) is 0 Å². The van der Waals surface area contributed by atoms with Gasteiger partial charge in [0.05, 0.1) is 11.6 Å². The van der Waals surface area contributed by atoms with E-state index in [1.807, 2.05) is 61.5 Å². The maximum atomic E-state index is 12.4. The molecule has 0 spiro atoms. The molecule has 5 heteroatoms. The Morgan fingerprint density at radius 1 is 1.09 bits per heavy atom. The summed E-state index contributed by atoms with van der Waals surface area (Å²) in [7, 11) is 0. The number of thioether (sulfide) groups is 1. The van der Waals surface area contributed by atoms with Crippen molar-refractivity contribution < 1.29 is 9.59 Å². The molecule has 23 heavy (non-hydrogen) atoms. The lowest BCUT2D eigenvalue weighted by Crippen LogP contribution is -2.33. The van der Waals surface area contributed by atoms with Crippen molar-refractivity contribution in [2.45, 2.75) is 6.92 Å². The lowest BCUT2D eigenvalue weighted by Gasteiger charge is -2.14. The van der Waals surface area contributed by atoms with E-state index in [1.165, 1.54) is 4.90 Å². The van der Waals surface area contributed by atoms with Crippen molar-refractivity contribution in [2.24, 2.45) is 0 Å². The van der Waals surface area contributed by atoms with E-state index >= 15 is 0 Å². The standard InChI is InChI=1S/C18H16N2O2S/c1-13-6-5-9-15(10-13)19-12-20-17(21)16(23-18(20)22)11-14-7-3-2-4-8-14/h2-11,19H,12H2,1H3/b16-11-. The van der Waals surface area contributed by atoms with E-state index in [0.29, 0.717) is 4.91 Å². The minimum absolute atomic E-state index is 0.167. The Balaban J connectivity index is 1.70. The first-order chi connectivity index (χ1) is 11.1. The van der Waals surface area contributed by atoms with Crippen LogP contribution in [0.2, 0.25) is 0 Å². The summed E-state index contributed by atoms with van der Waals surface area (Å²) >= 11 is 0.973. The number of amides is 2. The number of imide groups is 1. The molecule has 0 unspecified atom stereocenters. The number of anilines is 1. The van der Waals surface area contributed by atoms with E-state index < -0.39 is 0 Å². The zero-order valence-electron chi connectivity index (χ0n) is 12.7. The highest BCUT2D eigenvalue weighted by atomic mass is 32.2. The molecule has 2 aromatic carbocycles. The SMILES string of the molecule is Cc1cccc(NCN2C(=O)S/C(=C\c3ccccc3)C2=O)c1. The predicted octanol–water partition coefficient (Wildman–Crippen LogP) is 4.10. The minimum atomic E-state index is -0.260. The number of hydrogen-bond acceptors (Lipinski definition) is 4. The highest BCUT2D eigenvalue weighted by Gasteiger charge is 2.34. The average Bonchev–Trinajstić information content (AvgIpc) is 2.80. The van der Waals surface area contributed by atoms with Crippen molar-refractivity contribution in [2.75, 3.05) is 12.0 Å². The Morgan fingerprint density at radius 3 is 2.61 bits per heavy atom. The smallest absolute Gasteiger partial charge is 0.295 e. The van der Waals surface area contributed by atoms with E-state index in [1.54, 1.807) is 6.08 Å². The molecule has 1 N–H and O–H groups in total. The summed E-state index contributed by atoms with van der Waals surface area (Å²) < 4.78 is 0. The highest BCUT2D eigenvalue weighted by Crippen LogP contribution is 2.32.